The first-order valence-corrected chi connectivity index (χ1v) is 15.1. The van der Waals surface area contributed by atoms with Crippen molar-refractivity contribution in [2.45, 2.75) is 103 Å². The molecule has 0 aromatic rings. The zero-order chi connectivity index (χ0) is 25.4. The SMILES string of the molecule is CCCCCCCC/C=C\CCCCCCCC(=O)NCCC[N+](C)(C)C.COP(C)(=O)[O-]. The van der Waals surface area contributed by atoms with Gasteiger partial charge in [-0.2, -0.15) is 0 Å². The van der Waals surface area contributed by atoms with E-state index >= 15 is 0 Å². The van der Waals surface area contributed by atoms with E-state index in [9.17, 15) is 14.3 Å². The fraction of sp³-hybridized carbons (Fsp3) is 0.885. The third-order valence-corrected chi connectivity index (χ3v) is 5.99. The van der Waals surface area contributed by atoms with Gasteiger partial charge in [0.1, 0.15) is 7.60 Å². The third-order valence-electron chi connectivity index (χ3n) is 5.33. The maximum atomic E-state index is 11.8. The van der Waals surface area contributed by atoms with Gasteiger partial charge in [0.25, 0.3) is 0 Å². The van der Waals surface area contributed by atoms with E-state index in [0.717, 1.165) is 44.2 Å². The Morgan fingerprint density at radius 1 is 0.879 bits per heavy atom. The van der Waals surface area contributed by atoms with Gasteiger partial charge in [0.05, 0.1) is 27.7 Å². The van der Waals surface area contributed by atoms with Crippen LogP contribution in [0.2, 0.25) is 0 Å². The van der Waals surface area contributed by atoms with Crippen LogP contribution in [0.3, 0.4) is 0 Å². The zero-order valence-corrected chi connectivity index (χ0v) is 23.6. The summed E-state index contributed by atoms with van der Waals surface area (Å²) in [5, 5.41) is 3.05. The highest BCUT2D eigenvalue weighted by molar-refractivity contribution is 7.50. The fourth-order valence-electron chi connectivity index (χ4n) is 3.23. The predicted molar refractivity (Wildman–Crippen MR) is 141 cm³/mol. The van der Waals surface area contributed by atoms with Crippen molar-refractivity contribution < 1.29 is 23.3 Å². The van der Waals surface area contributed by atoms with Gasteiger partial charge in [-0.05, 0) is 32.1 Å². The van der Waals surface area contributed by atoms with E-state index < -0.39 is 7.60 Å². The molecule has 0 heterocycles. The van der Waals surface area contributed by atoms with Crippen LogP contribution in [0, 0.1) is 0 Å². The van der Waals surface area contributed by atoms with E-state index in [0.29, 0.717) is 6.42 Å². The standard InChI is InChI=1S/C24H48N2O.C2H7O3P/c1-5-6-7-8-9-10-11-12-13-14-15-16-17-18-19-21-24(27)25-22-20-23-26(2,3)4;1-5-6(2,3)4/h12-13H,5-11,14-23H2,1-4H3;1-2H3,(H,3,4)/b13-12-;. The van der Waals surface area contributed by atoms with Gasteiger partial charge in [0.15, 0.2) is 0 Å². The van der Waals surface area contributed by atoms with Crippen molar-refractivity contribution in [1.29, 1.82) is 0 Å². The number of hydrogen-bond donors (Lipinski definition) is 1. The van der Waals surface area contributed by atoms with Gasteiger partial charge < -0.3 is 23.8 Å². The molecule has 0 radical (unpaired) electrons. The first-order chi connectivity index (χ1) is 15.5. The third kappa shape index (κ3) is 36.1. The fourth-order valence-corrected chi connectivity index (χ4v) is 3.23. The van der Waals surface area contributed by atoms with E-state index in [-0.39, 0.29) is 5.91 Å². The molecule has 0 aromatic heterocycles. The number of rotatable bonds is 20. The second-order valence-corrected chi connectivity index (χ2v) is 11.9. The lowest BCUT2D eigenvalue weighted by Crippen LogP contribution is -2.37. The molecule has 1 N–H and O–H groups in total. The van der Waals surface area contributed by atoms with Crippen molar-refractivity contribution in [3.8, 4) is 0 Å². The average molecular weight is 491 g/mol. The Hall–Kier alpha value is -0.680. The molecular weight excluding hydrogens is 435 g/mol. The second kappa shape index (κ2) is 23.1. The quantitative estimate of drug-likeness (QED) is 0.0975. The molecule has 33 heavy (non-hydrogen) atoms. The minimum Gasteiger partial charge on any atom is -0.779 e. The van der Waals surface area contributed by atoms with Crippen LogP contribution in [0.1, 0.15) is 103 Å². The Morgan fingerprint density at radius 2 is 1.33 bits per heavy atom. The van der Waals surface area contributed by atoms with Crippen molar-refractivity contribution in [3.63, 3.8) is 0 Å². The van der Waals surface area contributed by atoms with Crippen LogP contribution in [0.5, 0.6) is 0 Å². The Balaban J connectivity index is 0. The first-order valence-electron chi connectivity index (χ1n) is 13.1. The number of carbonyl (C=O) groups excluding carboxylic acids is 1. The van der Waals surface area contributed by atoms with Crippen LogP contribution in [0.4, 0.5) is 0 Å². The largest absolute Gasteiger partial charge is 0.779 e. The summed E-state index contributed by atoms with van der Waals surface area (Å²) in [6, 6.07) is 0. The lowest BCUT2D eigenvalue weighted by Gasteiger charge is -2.23. The molecule has 6 nitrogen and oxygen atoms in total. The predicted octanol–water partition coefficient (Wildman–Crippen LogP) is 6.05. The highest BCUT2D eigenvalue weighted by Crippen LogP contribution is 2.28. The van der Waals surface area contributed by atoms with Crippen molar-refractivity contribution >= 4 is 13.5 Å². The summed E-state index contributed by atoms with van der Waals surface area (Å²) in [5.74, 6) is 0.231. The highest BCUT2D eigenvalue weighted by atomic mass is 31.2. The van der Waals surface area contributed by atoms with Crippen LogP contribution in [-0.4, -0.2) is 58.4 Å². The van der Waals surface area contributed by atoms with Crippen LogP contribution >= 0.6 is 7.60 Å². The molecule has 1 unspecified atom stereocenters. The van der Waals surface area contributed by atoms with Crippen molar-refractivity contribution in [1.82, 2.24) is 5.32 Å². The molecule has 0 aliphatic heterocycles. The number of nitrogens with one attached hydrogen (secondary N) is 1. The smallest absolute Gasteiger partial charge is 0.219 e. The topological polar surface area (TPSA) is 78.5 Å². The van der Waals surface area contributed by atoms with Gasteiger partial charge in [-0.3, -0.25) is 4.79 Å². The molecule has 7 heteroatoms. The summed E-state index contributed by atoms with van der Waals surface area (Å²) in [7, 11) is 4.30. The zero-order valence-electron chi connectivity index (χ0n) is 22.7. The second-order valence-electron chi connectivity index (χ2n) is 10.0. The van der Waals surface area contributed by atoms with Gasteiger partial charge in [0, 0.05) is 33.2 Å². The number of unbranched alkanes of at least 4 members (excludes halogenated alkanes) is 11. The lowest BCUT2D eigenvalue weighted by atomic mass is 10.1. The Morgan fingerprint density at radius 3 is 1.79 bits per heavy atom. The maximum absolute atomic E-state index is 11.8. The molecule has 0 saturated heterocycles. The Kier molecular flexibility index (Phi) is 24.1. The van der Waals surface area contributed by atoms with Crippen molar-refractivity contribution in [2.75, 3.05) is 48.0 Å². The van der Waals surface area contributed by atoms with E-state index in [1.165, 1.54) is 77.0 Å². The van der Waals surface area contributed by atoms with Crippen LogP contribution in [0.15, 0.2) is 12.2 Å². The minimum atomic E-state index is -3.40. The number of amides is 1. The van der Waals surface area contributed by atoms with Gasteiger partial charge in [-0.1, -0.05) is 70.4 Å². The molecule has 0 aliphatic carbocycles. The lowest BCUT2D eigenvalue weighted by molar-refractivity contribution is -0.870. The summed E-state index contributed by atoms with van der Waals surface area (Å²) >= 11 is 0. The maximum Gasteiger partial charge on any atom is 0.219 e. The Bertz CT molecular complexity index is 513. The average Bonchev–Trinajstić information content (AvgIpc) is 2.73. The molecule has 0 fully saturated rings. The normalized spacial score (nSPS) is 13.4. The number of carbonyl (C=O) groups is 1. The summed E-state index contributed by atoms with van der Waals surface area (Å²) in [6.45, 7) is 5.22. The monoisotopic (exact) mass is 490 g/mol. The van der Waals surface area contributed by atoms with Gasteiger partial charge in [0.2, 0.25) is 5.91 Å². The van der Waals surface area contributed by atoms with Crippen molar-refractivity contribution in [3.05, 3.63) is 12.2 Å². The highest BCUT2D eigenvalue weighted by Gasteiger charge is 2.06. The summed E-state index contributed by atoms with van der Waals surface area (Å²) in [5.41, 5.74) is 0. The summed E-state index contributed by atoms with van der Waals surface area (Å²) in [4.78, 5) is 21.6. The molecule has 0 saturated carbocycles. The number of quaternary nitrogens is 1. The number of allylic oxidation sites excluding steroid dienone is 2. The molecule has 1 amide bonds. The number of hydrogen-bond acceptors (Lipinski definition) is 4. The first kappa shape index (κ1) is 34.5. The van der Waals surface area contributed by atoms with Crippen LogP contribution in [-0.2, 0) is 13.9 Å². The Labute approximate surface area is 205 Å². The van der Waals surface area contributed by atoms with E-state index in [1.807, 2.05) is 0 Å². The van der Waals surface area contributed by atoms with E-state index in [1.54, 1.807) is 0 Å². The summed E-state index contributed by atoms with van der Waals surface area (Å²) < 4.78 is 14.7. The molecule has 0 aromatic carbocycles. The molecule has 0 spiro atoms. The minimum absolute atomic E-state index is 0.231. The molecule has 198 valence electrons. The molecule has 0 bridgehead atoms. The van der Waals surface area contributed by atoms with Gasteiger partial charge >= 0.3 is 0 Å². The molecule has 0 rings (SSSR count). The van der Waals surface area contributed by atoms with Crippen molar-refractivity contribution in [2.24, 2.45) is 0 Å². The van der Waals surface area contributed by atoms with Crippen LogP contribution < -0.4 is 10.2 Å². The summed E-state index contributed by atoms with van der Waals surface area (Å²) in [6.07, 6.45) is 23.4. The van der Waals surface area contributed by atoms with Gasteiger partial charge in [-0.25, -0.2) is 0 Å². The van der Waals surface area contributed by atoms with Gasteiger partial charge in [-0.15, -0.1) is 0 Å². The number of nitrogens with zero attached hydrogens (tertiary/aromatic N) is 1. The van der Waals surface area contributed by atoms with E-state index in [4.69, 9.17) is 0 Å². The van der Waals surface area contributed by atoms with Crippen LogP contribution in [0.25, 0.3) is 0 Å². The molecule has 0 aliphatic rings. The molecule has 1 atom stereocenters. The van der Waals surface area contributed by atoms with E-state index in [2.05, 4.69) is 50.1 Å². The molecular formula is C26H55N2O4P.